The zero-order chi connectivity index (χ0) is 30.0. The van der Waals surface area contributed by atoms with Gasteiger partial charge in [0.2, 0.25) is 5.95 Å². The van der Waals surface area contributed by atoms with Crippen LogP contribution in [0, 0.1) is 16.0 Å². The second-order valence-electron chi connectivity index (χ2n) is 10.4. The number of non-ortho nitro benzene ring substituents is 1. The first-order chi connectivity index (χ1) is 20.0. The number of nitro groups is 1. The molecule has 1 fully saturated rings. The van der Waals surface area contributed by atoms with Crippen molar-refractivity contribution in [2.45, 2.75) is 37.9 Å². The number of hydrogen-bond acceptors (Lipinski definition) is 8. The summed E-state index contributed by atoms with van der Waals surface area (Å²) in [5.74, 6) is 0.575. The number of rotatable bonds is 8. The van der Waals surface area contributed by atoms with Gasteiger partial charge in [0.05, 0.1) is 27.9 Å². The van der Waals surface area contributed by atoms with E-state index in [9.17, 15) is 28.1 Å². The number of benzene rings is 2. The molecule has 11 nitrogen and oxygen atoms in total. The van der Waals surface area contributed by atoms with E-state index in [1.54, 1.807) is 0 Å². The molecule has 4 aromatic rings. The van der Waals surface area contributed by atoms with E-state index >= 15 is 0 Å². The number of anilines is 2. The zero-order valence-corrected chi connectivity index (χ0v) is 22.9. The molecule has 2 aromatic carbocycles. The highest BCUT2D eigenvalue weighted by atomic mass is 19.4. The topological polar surface area (TPSA) is 131 Å². The number of amides is 1. The van der Waals surface area contributed by atoms with Crippen LogP contribution in [0.15, 0.2) is 54.7 Å². The van der Waals surface area contributed by atoms with Gasteiger partial charge in [0, 0.05) is 44.2 Å². The molecule has 1 saturated carbocycles. The number of nitrogens with zero attached hydrogens (tertiary/aromatic N) is 6. The number of halogens is 3. The molecule has 0 spiro atoms. The SMILES string of the molecule is CN(C)c1nc(N[C@H]2CC[C@@H](CNC(=O)c3cnn(-c4ccc([N+](=O)[O-])cc4)c3C(F)(F)F)CC2)nc2ccccc12. The fourth-order valence-corrected chi connectivity index (χ4v) is 5.19. The summed E-state index contributed by atoms with van der Waals surface area (Å²) in [6, 6.07) is 12.4. The van der Waals surface area contributed by atoms with Gasteiger partial charge in [-0.2, -0.15) is 23.3 Å². The Kier molecular flexibility index (Phi) is 7.96. The highest BCUT2D eigenvalue weighted by Gasteiger charge is 2.40. The first-order valence-electron chi connectivity index (χ1n) is 13.4. The molecule has 0 radical (unpaired) electrons. The molecule has 1 amide bonds. The predicted octanol–water partition coefficient (Wildman–Crippen LogP) is 5.21. The van der Waals surface area contributed by atoms with E-state index in [2.05, 4.69) is 25.7 Å². The number of para-hydroxylation sites is 1. The minimum absolute atomic E-state index is 0.0501. The van der Waals surface area contributed by atoms with Gasteiger partial charge in [-0.05, 0) is 55.9 Å². The van der Waals surface area contributed by atoms with Crippen LogP contribution in [0.4, 0.5) is 30.6 Å². The lowest BCUT2D eigenvalue weighted by molar-refractivity contribution is -0.384. The van der Waals surface area contributed by atoms with Crippen molar-refractivity contribution in [2.75, 3.05) is 30.9 Å². The summed E-state index contributed by atoms with van der Waals surface area (Å²) < 4.78 is 42.6. The van der Waals surface area contributed by atoms with Crippen molar-refractivity contribution < 1.29 is 22.9 Å². The summed E-state index contributed by atoms with van der Waals surface area (Å²) in [5.41, 5.74) is -1.34. The lowest BCUT2D eigenvalue weighted by atomic mass is 9.86. The van der Waals surface area contributed by atoms with Gasteiger partial charge < -0.3 is 15.5 Å². The van der Waals surface area contributed by atoms with Gasteiger partial charge in [-0.3, -0.25) is 14.9 Å². The van der Waals surface area contributed by atoms with E-state index in [1.807, 2.05) is 43.3 Å². The third-order valence-corrected chi connectivity index (χ3v) is 7.33. The lowest BCUT2D eigenvalue weighted by Gasteiger charge is -2.29. The molecule has 1 aliphatic carbocycles. The molecule has 0 aliphatic heterocycles. The summed E-state index contributed by atoms with van der Waals surface area (Å²) in [6.07, 6.45) is -0.905. The van der Waals surface area contributed by atoms with Crippen LogP contribution < -0.4 is 15.5 Å². The molecule has 0 unspecified atom stereocenters. The Morgan fingerprint density at radius 2 is 1.76 bits per heavy atom. The van der Waals surface area contributed by atoms with Crippen LogP contribution in [0.2, 0.25) is 0 Å². The largest absolute Gasteiger partial charge is 0.434 e. The molecule has 220 valence electrons. The van der Waals surface area contributed by atoms with Crippen molar-refractivity contribution in [3.05, 3.63) is 76.1 Å². The Bertz CT molecular complexity index is 1600. The average Bonchev–Trinajstić information content (AvgIpc) is 3.43. The molecular formula is C28H29F3N8O3. The van der Waals surface area contributed by atoms with E-state index in [-0.39, 0.29) is 29.9 Å². The summed E-state index contributed by atoms with van der Waals surface area (Å²) in [4.78, 5) is 34.4. The van der Waals surface area contributed by atoms with Gasteiger partial charge in [0.25, 0.3) is 11.6 Å². The van der Waals surface area contributed by atoms with Crippen LogP contribution in [0.3, 0.4) is 0 Å². The van der Waals surface area contributed by atoms with Crippen molar-refractivity contribution in [3.8, 4) is 5.69 Å². The molecule has 2 heterocycles. The summed E-state index contributed by atoms with van der Waals surface area (Å²) >= 11 is 0. The Labute approximate surface area is 238 Å². The third-order valence-electron chi connectivity index (χ3n) is 7.33. The number of aromatic nitrogens is 4. The minimum Gasteiger partial charge on any atom is -0.362 e. The van der Waals surface area contributed by atoms with Crippen molar-refractivity contribution in [3.63, 3.8) is 0 Å². The first-order valence-corrected chi connectivity index (χ1v) is 13.4. The van der Waals surface area contributed by atoms with Crippen LogP contribution in [0.1, 0.15) is 41.7 Å². The Balaban J connectivity index is 1.21. The number of nitrogens with one attached hydrogen (secondary N) is 2. The second-order valence-corrected chi connectivity index (χ2v) is 10.4. The van der Waals surface area contributed by atoms with E-state index in [4.69, 9.17) is 0 Å². The zero-order valence-electron chi connectivity index (χ0n) is 22.9. The number of hydrogen-bond donors (Lipinski definition) is 2. The molecule has 42 heavy (non-hydrogen) atoms. The van der Waals surface area contributed by atoms with Gasteiger partial charge in [-0.1, -0.05) is 12.1 Å². The predicted molar refractivity (Wildman–Crippen MR) is 151 cm³/mol. The maximum atomic E-state index is 14.0. The van der Waals surface area contributed by atoms with E-state index in [0.29, 0.717) is 10.6 Å². The molecule has 0 atom stereocenters. The number of carbonyl (C=O) groups is 1. The second kappa shape index (κ2) is 11.6. The standard InChI is InChI=1S/C28H29F3N8O3/c1-37(2)25-21-5-3-4-6-23(21)35-27(36-25)34-18-9-7-17(8-10-18)15-32-26(40)22-16-33-38(24(22)28(29,30)31)19-11-13-20(14-12-19)39(41)42/h3-6,11-14,16-18H,7-10,15H2,1-2H3,(H,32,40)(H,34,35,36)/t17-,18+. The Morgan fingerprint density at radius 3 is 2.40 bits per heavy atom. The average molecular weight is 583 g/mol. The lowest BCUT2D eigenvalue weighted by Crippen LogP contribution is -2.35. The minimum atomic E-state index is -4.88. The van der Waals surface area contributed by atoms with E-state index in [0.717, 1.165) is 72.9 Å². The summed E-state index contributed by atoms with van der Waals surface area (Å²) in [5, 5.41) is 21.7. The number of nitro benzene ring substituents is 1. The van der Waals surface area contributed by atoms with Crippen LogP contribution >= 0.6 is 0 Å². The van der Waals surface area contributed by atoms with Crippen molar-refractivity contribution in [1.29, 1.82) is 0 Å². The van der Waals surface area contributed by atoms with E-state index in [1.165, 1.54) is 0 Å². The third kappa shape index (κ3) is 6.11. The fraction of sp³-hybridized carbons (Fsp3) is 0.357. The molecule has 2 N–H and O–H groups in total. The summed E-state index contributed by atoms with van der Waals surface area (Å²) in [7, 11) is 3.85. The number of carbonyl (C=O) groups excluding carboxylic acids is 1. The molecule has 5 rings (SSSR count). The molecule has 2 aromatic heterocycles. The maximum Gasteiger partial charge on any atom is 0.434 e. The Hall–Kier alpha value is -4.75. The highest BCUT2D eigenvalue weighted by Crippen LogP contribution is 2.34. The first kappa shape index (κ1) is 28.8. The van der Waals surface area contributed by atoms with Gasteiger partial charge in [-0.25, -0.2) is 9.67 Å². The smallest absolute Gasteiger partial charge is 0.362 e. The summed E-state index contributed by atoms with van der Waals surface area (Å²) in [6.45, 7) is 0.225. The maximum absolute atomic E-state index is 14.0. The molecular weight excluding hydrogens is 553 g/mol. The molecule has 14 heteroatoms. The normalized spacial score (nSPS) is 17.2. The monoisotopic (exact) mass is 582 g/mol. The van der Waals surface area contributed by atoms with Gasteiger partial charge in [0.15, 0.2) is 5.69 Å². The fourth-order valence-electron chi connectivity index (χ4n) is 5.19. The van der Waals surface area contributed by atoms with Crippen LogP contribution in [0.5, 0.6) is 0 Å². The van der Waals surface area contributed by atoms with Crippen LogP contribution in [-0.2, 0) is 6.18 Å². The van der Waals surface area contributed by atoms with Crippen molar-refractivity contribution in [1.82, 2.24) is 25.1 Å². The Morgan fingerprint density at radius 1 is 1.07 bits per heavy atom. The number of alkyl halides is 3. The van der Waals surface area contributed by atoms with Gasteiger partial charge in [0.1, 0.15) is 5.82 Å². The van der Waals surface area contributed by atoms with Crippen LogP contribution in [0.25, 0.3) is 16.6 Å². The van der Waals surface area contributed by atoms with E-state index < -0.39 is 28.3 Å². The number of fused-ring (bicyclic) bond motifs is 1. The van der Waals surface area contributed by atoms with Gasteiger partial charge in [-0.15, -0.1) is 0 Å². The molecule has 0 bridgehead atoms. The quantitative estimate of drug-likeness (QED) is 0.214. The van der Waals surface area contributed by atoms with Crippen LogP contribution in [-0.4, -0.2) is 57.3 Å². The molecule has 0 saturated heterocycles. The van der Waals surface area contributed by atoms with Gasteiger partial charge >= 0.3 is 6.18 Å². The molecule has 1 aliphatic rings. The van der Waals surface area contributed by atoms with Crippen molar-refractivity contribution >= 4 is 34.3 Å². The highest BCUT2D eigenvalue weighted by molar-refractivity contribution is 5.95. The van der Waals surface area contributed by atoms with Crippen molar-refractivity contribution in [2.24, 2.45) is 5.92 Å².